The molecule has 0 bridgehead atoms. The first-order chi connectivity index (χ1) is 12.9. The Kier molecular flexibility index (Phi) is 4.69. The molecule has 3 aliphatic rings. The van der Waals surface area contributed by atoms with Crippen LogP contribution in [-0.2, 0) is 10.0 Å². The van der Waals surface area contributed by atoms with Crippen LogP contribution in [0.1, 0.15) is 34.1 Å². The Bertz CT molecular complexity index is 879. The molecule has 1 unspecified atom stereocenters. The van der Waals surface area contributed by atoms with Crippen molar-refractivity contribution >= 4 is 21.8 Å². The summed E-state index contributed by atoms with van der Waals surface area (Å²) in [6.07, 6.45) is 0.928. The van der Waals surface area contributed by atoms with Gasteiger partial charge in [0.25, 0.3) is 21.8 Å². The van der Waals surface area contributed by atoms with Crippen molar-refractivity contribution in [3.63, 3.8) is 0 Å². The van der Waals surface area contributed by atoms with Crippen molar-refractivity contribution in [2.24, 2.45) is 0 Å². The first-order valence-corrected chi connectivity index (χ1v) is 10.8. The molecule has 8 nitrogen and oxygen atoms in total. The second-order valence-corrected chi connectivity index (χ2v) is 9.00. The molecule has 0 radical (unpaired) electrons. The molecule has 2 fully saturated rings. The number of piperazine rings is 1. The molecular weight excluding hydrogens is 368 g/mol. The average molecular weight is 392 g/mol. The van der Waals surface area contributed by atoms with Gasteiger partial charge in [-0.25, -0.2) is 12.7 Å². The molecule has 1 aromatic carbocycles. The SMILES string of the molecule is CCN1C(=O)c2ccc(C(=O)N3CCC(N4CCNCC4)C3)cc2S1(=O)=O. The van der Waals surface area contributed by atoms with Crippen LogP contribution in [0.4, 0.5) is 0 Å². The Morgan fingerprint density at radius 1 is 1.22 bits per heavy atom. The highest BCUT2D eigenvalue weighted by molar-refractivity contribution is 7.90. The number of rotatable bonds is 3. The van der Waals surface area contributed by atoms with Crippen LogP contribution in [0, 0.1) is 0 Å². The summed E-state index contributed by atoms with van der Waals surface area (Å²) >= 11 is 0. The number of hydrogen-bond acceptors (Lipinski definition) is 6. The van der Waals surface area contributed by atoms with E-state index < -0.39 is 15.9 Å². The molecular formula is C18H24N4O4S. The molecule has 3 aliphatic heterocycles. The topological polar surface area (TPSA) is 90.0 Å². The van der Waals surface area contributed by atoms with Gasteiger partial charge in [-0.1, -0.05) is 0 Å². The predicted molar refractivity (Wildman–Crippen MR) is 99.1 cm³/mol. The summed E-state index contributed by atoms with van der Waals surface area (Å²) in [5.41, 5.74) is 0.470. The van der Waals surface area contributed by atoms with Crippen molar-refractivity contribution in [2.45, 2.75) is 24.3 Å². The standard InChI is InChI=1S/C18H24N4O4S/c1-2-22-18(24)15-4-3-13(11-16(15)27(22,25)26)17(23)21-8-5-14(12-21)20-9-6-19-7-10-20/h3-4,11,14,19H,2,5-10,12H2,1H3. The van der Waals surface area contributed by atoms with Crippen molar-refractivity contribution in [3.8, 4) is 0 Å². The van der Waals surface area contributed by atoms with Gasteiger partial charge in [0.15, 0.2) is 0 Å². The van der Waals surface area contributed by atoms with Crippen LogP contribution >= 0.6 is 0 Å². The second kappa shape index (κ2) is 6.88. The largest absolute Gasteiger partial charge is 0.337 e. The summed E-state index contributed by atoms with van der Waals surface area (Å²) in [4.78, 5) is 29.3. The molecule has 0 aliphatic carbocycles. The van der Waals surface area contributed by atoms with Crippen molar-refractivity contribution in [1.82, 2.24) is 19.4 Å². The Labute approximate surface area is 159 Å². The Morgan fingerprint density at radius 2 is 1.96 bits per heavy atom. The number of sulfonamides is 1. The van der Waals surface area contributed by atoms with E-state index in [-0.39, 0.29) is 22.9 Å². The lowest BCUT2D eigenvalue weighted by molar-refractivity contribution is 0.0772. The zero-order chi connectivity index (χ0) is 19.2. The molecule has 2 amide bonds. The summed E-state index contributed by atoms with van der Waals surface area (Å²) in [5, 5.41) is 3.33. The fraction of sp³-hybridized carbons (Fsp3) is 0.556. The fourth-order valence-corrected chi connectivity index (χ4v) is 5.78. The maximum absolute atomic E-state index is 12.9. The van der Waals surface area contributed by atoms with E-state index in [1.807, 2.05) is 0 Å². The molecule has 0 saturated carbocycles. The number of nitrogens with one attached hydrogen (secondary N) is 1. The lowest BCUT2D eigenvalue weighted by atomic mass is 10.1. The van der Waals surface area contributed by atoms with Gasteiger partial charge >= 0.3 is 0 Å². The third kappa shape index (κ3) is 3.03. The van der Waals surface area contributed by atoms with Gasteiger partial charge in [0.2, 0.25) is 0 Å². The monoisotopic (exact) mass is 392 g/mol. The van der Waals surface area contributed by atoms with E-state index >= 15 is 0 Å². The van der Waals surface area contributed by atoms with Gasteiger partial charge in [-0.2, -0.15) is 0 Å². The predicted octanol–water partition coefficient (Wildman–Crippen LogP) is -0.0293. The summed E-state index contributed by atoms with van der Waals surface area (Å²) < 4.78 is 25.9. The van der Waals surface area contributed by atoms with E-state index in [9.17, 15) is 18.0 Å². The summed E-state index contributed by atoms with van der Waals surface area (Å²) in [6.45, 7) is 6.92. The van der Waals surface area contributed by atoms with Crippen molar-refractivity contribution in [3.05, 3.63) is 29.3 Å². The van der Waals surface area contributed by atoms with Crippen LogP contribution < -0.4 is 5.32 Å². The highest BCUT2D eigenvalue weighted by atomic mass is 32.2. The van der Waals surface area contributed by atoms with Gasteiger partial charge in [0.1, 0.15) is 4.90 Å². The van der Waals surface area contributed by atoms with Crippen LogP contribution in [-0.4, -0.2) is 86.2 Å². The first-order valence-electron chi connectivity index (χ1n) is 9.38. The number of nitrogens with zero attached hydrogens (tertiary/aromatic N) is 3. The zero-order valence-corrected chi connectivity index (χ0v) is 16.2. The fourth-order valence-electron chi connectivity index (χ4n) is 4.18. The third-order valence-electron chi connectivity index (χ3n) is 5.66. The summed E-state index contributed by atoms with van der Waals surface area (Å²) in [6, 6.07) is 4.73. The second-order valence-electron chi connectivity index (χ2n) is 7.17. The third-order valence-corrected chi connectivity index (χ3v) is 7.56. The van der Waals surface area contributed by atoms with Crippen molar-refractivity contribution in [2.75, 3.05) is 45.8 Å². The minimum absolute atomic E-state index is 0.0574. The van der Waals surface area contributed by atoms with E-state index in [2.05, 4.69) is 10.2 Å². The molecule has 146 valence electrons. The molecule has 2 saturated heterocycles. The van der Waals surface area contributed by atoms with Gasteiger partial charge < -0.3 is 10.2 Å². The normalized spacial score (nSPS) is 25.1. The molecule has 1 atom stereocenters. The Hall–Kier alpha value is -1.97. The molecule has 27 heavy (non-hydrogen) atoms. The van der Waals surface area contributed by atoms with Gasteiger partial charge in [-0.3, -0.25) is 14.5 Å². The van der Waals surface area contributed by atoms with Crippen molar-refractivity contribution < 1.29 is 18.0 Å². The highest BCUT2D eigenvalue weighted by Gasteiger charge is 2.41. The number of fused-ring (bicyclic) bond motifs is 1. The highest BCUT2D eigenvalue weighted by Crippen LogP contribution is 2.31. The van der Waals surface area contributed by atoms with Gasteiger partial charge in [0, 0.05) is 57.4 Å². The zero-order valence-electron chi connectivity index (χ0n) is 15.3. The first kappa shape index (κ1) is 18.4. The maximum atomic E-state index is 12.9. The van der Waals surface area contributed by atoms with Crippen LogP contribution in [0.15, 0.2) is 23.1 Å². The molecule has 1 N–H and O–H groups in total. The number of amides is 2. The smallest absolute Gasteiger partial charge is 0.268 e. The summed E-state index contributed by atoms with van der Waals surface area (Å²) in [5.74, 6) is -0.695. The van der Waals surface area contributed by atoms with Gasteiger partial charge in [-0.05, 0) is 31.5 Å². The number of carbonyl (C=O) groups excluding carboxylic acids is 2. The lowest BCUT2D eigenvalue weighted by Crippen LogP contribution is -2.49. The van der Waals surface area contributed by atoms with Crippen molar-refractivity contribution in [1.29, 1.82) is 0 Å². The van der Waals surface area contributed by atoms with Crippen LogP contribution in [0.2, 0.25) is 0 Å². The van der Waals surface area contributed by atoms with E-state index in [0.717, 1.165) is 36.9 Å². The lowest BCUT2D eigenvalue weighted by Gasteiger charge is -2.32. The van der Waals surface area contributed by atoms with Gasteiger partial charge in [0.05, 0.1) is 5.56 Å². The maximum Gasteiger partial charge on any atom is 0.268 e. The molecule has 9 heteroatoms. The van der Waals surface area contributed by atoms with E-state index in [4.69, 9.17) is 0 Å². The van der Waals surface area contributed by atoms with E-state index in [1.54, 1.807) is 17.9 Å². The van der Waals surface area contributed by atoms with Gasteiger partial charge in [-0.15, -0.1) is 0 Å². The molecule has 4 rings (SSSR count). The van der Waals surface area contributed by atoms with Crippen LogP contribution in [0.25, 0.3) is 0 Å². The number of hydrogen-bond donors (Lipinski definition) is 1. The molecule has 0 aromatic heterocycles. The number of likely N-dealkylation sites (tertiary alicyclic amines) is 1. The average Bonchev–Trinajstić information content (AvgIpc) is 3.24. The summed E-state index contributed by atoms with van der Waals surface area (Å²) in [7, 11) is -3.86. The minimum atomic E-state index is -3.86. The minimum Gasteiger partial charge on any atom is -0.337 e. The molecule has 1 aromatic rings. The quantitative estimate of drug-likeness (QED) is 0.777. The Morgan fingerprint density at radius 3 is 2.67 bits per heavy atom. The Balaban J connectivity index is 1.54. The van der Waals surface area contributed by atoms with Crippen LogP contribution in [0.3, 0.4) is 0 Å². The number of carbonyl (C=O) groups is 2. The molecule has 3 heterocycles. The number of benzene rings is 1. The van der Waals surface area contributed by atoms with E-state index in [0.29, 0.717) is 24.7 Å². The van der Waals surface area contributed by atoms with Crippen LogP contribution in [0.5, 0.6) is 0 Å². The van der Waals surface area contributed by atoms with E-state index in [1.165, 1.54) is 12.1 Å². The molecule has 0 spiro atoms.